The molecule has 1 aromatic carbocycles. The summed E-state index contributed by atoms with van der Waals surface area (Å²) in [5.74, 6) is 0.464. The topological polar surface area (TPSA) is 63.6 Å². The van der Waals surface area contributed by atoms with E-state index in [0.717, 1.165) is 16.7 Å². The fourth-order valence-corrected chi connectivity index (χ4v) is 3.49. The van der Waals surface area contributed by atoms with Crippen LogP contribution in [0.5, 0.6) is 0 Å². The molecule has 1 atom stereocenters. The van der Waals surface area contributed by atoms with Crippen LogP contribution in [0.1, 0.15) is 12.0 Å². The number of methoxy groups -OCH3 is 1. The lowest BCUT2D eigenvalue weighted by Crippen LogP contribution is -2.47. The number of carbonyl (C=O) groups is 1. The van der Waals surface area contributed by atoms with Gasteiger partial charge in [0, 0.05) is 19.7 Å². The van der Waals surface area contributed by atoms with Crippen LogP contribution in [0.15, 0.2) is 35.1 Å². The highest BCUT2D eigenvalue weighted by Crippen LogP contribution is 2.13. The van der Waals surface area contributed by atoms with Gasteiger partial charge in [0.1, 0.15) is 6.04 Å². The van der Waals surface area contributed by atoms with Gasteiger partial charge in [0.2, 0.25) is 0 Å². The molecular weight excluding hydrogens is 382 g/mol. The molecule has 0 aliphatic heterocycles. The van der Waals surface area contributed by atoms with Crippen molar-refractivity contribution in [1.82, 2.24) is 14.8 Å². The van der Waals surface area contributed by atoms with Crippen LogP contribution in [0.3, 0.4) is 0 Å². The van der Waals surface area contributed by atoms with Gasteiger partial charge in [-0.15, -0.1) is 0 Å². The van der Waals surface area contributed by atoms with Crippen molar-refractivity contribution >= 4 is 46.0 Å². The molecule has 0 amide bonds. The first-order valence-corrected chi connectivity index (χ1v) is 10.3. The predicted octanol–water partition coefficient (Wildman–Crippen LogP) is 2.14. The lowest BCUT2D eigenvalue weighted by molar-refractivity contribution is -0.142. The number of aromatic nitrogens is 1. The summed E-state index contributed by atoms with van der Waals surface area (Å²) in [4.78, 5) is 26.4. The SMILES string of the molecule is COC(=O)C(CCSC)NC(=S)N(C)Cc1cc2ccccc2n(C)c1=O. The van der Waals surface area contributed by atoms with E-state index in [1.807, 2.05) is 36.6 Å². The molecule has 1 N–H and O–H groups in total. The normalized spacial score (nSPS) is 11.9. The van der Waals surface area contributed by atoms with Crippen LogP contribution in [0.25, 0.3) is 10.9 Å². The molecule has 0 aliphatic rings. The Morgan fingerprint density at radius 1 is 1.41 bits per heavy atom. The number of nitrogens with one attached hydrogen (secondary N) is 1. The van der Waals surface area contributed by atoms with Gasteiger partial charge in [0.25, 0.3) is 5.56 Å². The van der Waals surface area contributed by atoms with E-state index < -0.39 is 6.04 Å². The van der Waals surface area contributed by atoms with Crippen LogP contribution in [-0.2, 0) is 23.1 Å². The van der Waals surface area contributed by atoms with Crippen LogP contribution >= 0.6 is 24.0 Å². The Morgan fingerprint density at radius 3 is 2.78 bits per heavy atom. The summed E-state index contributed by atoms with van der Waals surface area (Å²) in [5, 5.41) is 4.45. The number of thiocarbonyl (C=S) groups is 1. The number of hydrogen-bond acceptors (Lipinski definition) is 5. The molecule has 0 radical (unpaired) electrons. The zero-order valence-electron chi connectivity index (χ0n) is 16.0. The third kappa shape index (κ3) is 5.23. The Balaban J connectivity index is 2.16. The minimum absolute atomic E-state index is 0.0600. The molecule has 1 aromatic heterocycles. The standard InChI is InChI=1S/C19H25N3O3S2/c1-21(19(26)20-15(9-10-27-4)18(24)25-3)12-14-11-13-7-5-6-8-16(13)22(2)17(14)23/h5-8,11,15H,9-10,12H2,1-4H3,(H,20,26). The largest absolute Gasteiger partial charge is 0.467 e. The van der Waals surface area contributed by atoms with Crippen LogP contribution in [0, 0.1) is 0 Å². The van der Waals surface area contributed by atoms with Crippen molar-refractivity contribution in [3.05, 3.63) is 46.2 Å². The second kappa shape index (κ2) is 9.75. The van der Waals surface area contributed by atoms with E-state index >= 15 is 0 Å². The molecule has 2 aromatic rings. The average molecular weight is 408 g/mol. The van der Waals surface area contributed by atoms with Crippen LogP contribution in [-0.4, -0.2) is 52.8 Å². The Bertz CT molecular complexity index is 882. The Morgan fingerprint density at radius 2 is 2.11 bits per heavy atom. The molecule has 146 valence electrons. The number of pyridine rings is 1. The Labute approximate surface area is 168 Å². The number of carbonyl (C=O) groups excluding carboxylic acids is 1. The first-order chi connectivity index (χ1) is 12.9. The van der Waals surface area contributed by atoms with E-state index in [2.05, 4.69) is 5.32 Å². The Hall–Kier alpha value is -2.06. The number of aryl methyl sites for hydroxylation is 1. The maximum Gasteiger partial charge on any atom is 0.328 e. The molecule has 0 saturated carbocycles. The van der Waals surface area contributed by atoms with Crippen molar-refractivity contribution < 1.29 is 9.53 Å². The van der Waals surface area contributed by atoms with Gasteiger partial charge in [0.15, 0.2) is 5.11 Å². The lowest BCUT2D eigenvalue weighted by atomic mass is 10.1. The Kier molecular flexibility index (Phi) is 7.67. The second-order valence-corrected chi connectivity index (χ2v) is 7.63. The summed E-state index contributed by atoms with van der Waals surface area (Å²) < 4.78 is 6.49. The highest BCUT2D eigenvalue weighted by Gasteiger charge is 2.21. The number of nitrogens with zero attached hydrogens (tertiary/aromatic N) is 2. The zero-order valence-corrected chi connectivity index (χ0v) is 17.7. The molecule has 0 spiro atoms. The van der Waals surface area contributed by atoms with Gasteiger partial charge in [-0.25, -0.2) is 4.79 Å². The van der Waals surface area contributed by atoms with Crippen molar-refractivity contribution in [2.75, 3.05) is 26.2 Å². The van der Waals surface area contributed by atoms with Crippen LogP contribution in [0.2, 0.25) is 0 Å². The molecule has 27 heavy (non-hydrogen) atoms. The third-order valence-corrected chi connectivity index (χ3v) is 5.43. The highest BCUT2D eigenvalue weighted by molar-refractivity contribution is 7.98. The van der Waals surface area contributed by atoms with Crippen LogP contribution in [0.4, 0.5) is 0 Å². The van der Waals surface area contributed by atoms with Gasteiger partial charge in [0.05, 0.1) is 19.2 Å². The third-order valence-electron chi connectivity index (χ3n) is 4.36. The molecule has 2 rings (SSSR count). The lowest BCUT2D eigenvalue weighted by Gasteiger charge is -2.25. The van der Waals surface area contributed by atoms with E-state index in [9.17, 15) is 9.59 Å². The maximum atomic E-state index is 12.7. The fraction of sp³-hybridized carbons (Fsp3) is 0.421. The van der Waals surface area contributed by atoms with Gasteiger partial charge in [-0.3, -0.25) is 4.79 Å². The second-order valence-electron chi connectivity index (χ2n) is 6.26. The van der Waals surface area contributed by atoms with Crippen molar-refractivity contribution in [1.29, 1.82) is 0 Å². The van der Waals surface area contributed by atoms with E-state index in [1.54, 1.807) is 35.3 Å². The summed E-state index contributed by atoms with van der Waals surface area (Å²) in [6, 6.07) is 9.14. The van der Waals surface area contributed by atoms with Gasteiger partial charge in [-0.05, 0) is 48.2 Å². The van der Waals surface area contributed by atoms with E-state index in [1.165, 1.54) is 7.11 Å². The quantitative estimate of drug-likeness (QED) is 0.557. The summed E-state index contributed by atoms with van der Waals surface area (Å²) in [6.45, 7) is 0.347. The minimum atomic E-state index is -0.503. The highest BCUT2D eigenvalue weighted by atomic mass is 32.2. The van der Waals surface area contributed by atoms with Crippen molar-refractivity contribution in [3.63, 3.8) is 0 Å². The van der Waals surface area contributed by atoms with Gasteiger partial charge in [-0.1, -0.05) is 18.2 Å². The first kappa shape index (κ1) is 21.2. The molecule has 1 unspecified atom stereocenters. The van der Waals surface area contributed by atoms with E-state index in [4.69, 9.17) is 17.0 Å². The average Bonchev–Trinajstić information content (AvgIpc) is 2.68. The minimum Gasteiger partial charge on any atom is -0.467 e. The number of hydrogen-bond donors (Lipinski definition) is 1. The molecule has 6 nitrogen and oxygen atoms in total. The number of rotatable bonds is 7. The predicted molar refractivity (Wildman–Crippen MR) is 115 cm³/mol. The van der Waals surface area contributed by atoms with Gasteiger partial charge in [-0.2, -0.15) is 11.8 Å². The van der Waals surface area contributed by atoms with Gasteiger partial charge >= 0.3 is 5.97 Å². The molecule has 1 heterocycles. The zero-order chi connectivity index (χ0) is 20.0. The summed E-state index contributed by atoms with van der Waals surface area (Å²) >= 11 is 7.08. The molecule has 0 aliphatic carbocycles. The van der Waals surface area contributed by atoms with E-state index in [0.29, 0.717) is 23.6 Å². The maximum absolute atomic E-state index is 12.7. The molecule has 0 saturated heterocycles. The molecule has 0 fully saturated rings. The van der Waals surface area contributed by atoms with Crippen molar-refractivity contribution in [2.24, 2.45) is 7.05 Å². The fourth-order valence-electron chi connectivity index (χ4n) is 2.82. The number of thioether (sulfide) groups is 1. The summed E-state index contributed by atoms with van der Waals surface area (Å²) in [7, 11) is 4.93. The monoisotopic (exact) mass is 407 g/mol. The number of esters is 1. The smallest absolute Gasteiger partial charge is 0.328 e. The first-order valence-electron chi connectivity index (χ1n) is 8.55. The number of fused-ring (bicyclic) bond motifs is 1. The number of para-hydroxylation sites is 1. The number of ether oxygens (including phenoxy) is 1. The van der Waals surface area contributed by atoms with E-state index in [-0.39, 0.29) is 11.5 Å². The summed E-state index contributed by atoms with van der Waals surface area (Å²) in [6.07, 6.45) is 2.59. The van der Waals surface area contributed by atoms with Gasteiger partial charge < -0.3 is 19.5 Å². The molecular formula is C19H25N3O3S2. The number of benzene rings is 1. The molecule has 0 bridgehead atoms. The van der Waals surface area contributed by atoms with Crippen molar-refractivity contribution in [2.45, 2.75) is 19.0 Å². The van der Waals surface area contributed by atoms with Crippen molar-refractivity contribution in [3.8, 4) is 0 Å². The molecule has 8 heteroatoms. The van der Waals surface area contributed by atoms with Crippen LogP contribution < -0.4 is 10.9 Å². The summed E-state index contributed by atoms with van der Waals surface area (Å²) in [5.41, 5.74) is 1.47.